The van der Waals surface area contributed by atoms with Crippen LogP contribution in [0.1, 0.15) is 36.5 Å². The zero-order valence-electron chi connectivity index (χ0n) is 20.2. The first-order valence-electron chi connectivity index (χ1n) is 11.1. The van der Waals surface area contributed by atoms with E-state index in [9.17, 15) is 0 Å². The molecule has 33 heavy (non-hydrogen) atoms. The topological polar surface area (TPSA) is 73.3 Å². The number of nitrogens with zero attached hydrogens (tertiary/aromatic N) is 1. The van der Waals surface area contributed by atoms with Gasteiger partial charge in [-0.05, 0) is 56.4 Å². The molecular formula is C25H36IN3O4. The van der Waals surface area contributed by atoms with Crippen molar-refractivity contribution in [1.82, 2.24) is 10.6 Å². The molecular weight excluding hydrogens is 533 g/mol. The van der Waals surface area contributed by atoms with Gasteiger partial charge in [0.15, 0.2) is 17.5 Å². The van der Waals surface area contributed by atoms with Gasteiger partial charge in [-0.25, -0.2) is 4.99 Å². The second-order valence-corrected chi connectivity index (χ2v) is 7.91. The lowest BCUT2D eigenvalue weighted by Crippen LogP contribution is -2.36. The molecule has 1 fully saturated rings. The van der Waals surface area contributed by atoms with Gasteiger partial charge in [-0.2, -0.15) is 0 Å². The first kappa shape index (κ1) is 26.9. The van der Waals surface area contributed by atoms with Crippen LogP contribution in [0.15, 0.2) is 35.3 Å². The fourth-order valence-corrected chi connectivity index (χ4v) is 3.41. The Labute approximate surface area is 214 Å². The summed E-state index contributed by atoms with van der Waals surface area (Å²) in [5.41, 5.74) is 3.22. The quantitative estimate of drug-likeness (QED) is 0.233. The lowest BCUT2D eigenvalue weighted by atomic mass is 10.1. The second kappa shape index (κ2) is 13.4. The highest BCUT2D eigenvalue weighted by Gasteiger charge is 2.22. The number of guanidine groups is 1. The molecule has 2 aromatic rings. The molecule has 7 nitrogen and oxygen atoms in total. The molecule has 0 atom stereocenters. The van der Waals surface area contributed by atoms with Crippen LogP contribution in [0.5, 0.6) is 23.0 Å². The fraction of sp³-hybridized carbons (Fsp3) is 0.480. The molecule has 0 heterocycles. The van der Waals surface area contributed by atoms with Crippen molar-refractivity contribution in [3.05, 3.63) is 47.0 Å². The van der Waals surface area contributed by atoms with Crippen LogP contribution in [-0.2, 0) is 13.1 Å². The van der Waals surface area contributed by atoms with Crippen molar-refractivity contribution in [1.29, 1.82) is 0 Å². The minimum atomic E-state index is 0. The first-order valence-corrected chi connectivity index (χ1v) is 11.1. The van der Waals surface area contributed by atoms with Crippen LogP contribution in [0.2, 0.25) is 0 Å². The molecule has 182 valence electrons. The maximum Gasteiger partial charge on any atom is 0.203 e. The summed E-state index contributed by atoms with van der Waals surface area (Å²) in [6, 6.07) is 10.1. The minimum Gasteiger partial charge on any atom is -0.493 e. The molecule has 1 saturated carbocycles. The van der Waals surface area contributed by atoms with Gasteiger partial charge in [0.25, 0.3) is 0 Å². The number of aliphatic imine (C=N–C) groups is 1. The van der Waals surface area contributed by atoms with Gasteiger partial charge in [-0.3, -0.25) is 0 Å². The van der Waals surface area contributed by atoms with E-state index >= 15 is 0 Å². The van der Waals surface area contributed by atoms with Gasteiger partial charge in [-0.15, -0.1) is 24.0 Å². The molecule has 2 aromatic carbocycles. The summed E-state index contributed by atoms with van der Waals surface area (Å²) in [6.07, 6.45) is 2.55. The van der Waals surface area contributed by atoms with Crippen molar-refractivity contribution < 1.29 is 18.9 Å². The van der Waals surface area contributed by atoms with Crippen molar-refractivity contribution in [2.24, 2.45) is 10.9 Å². The van der Waals surface area contributed by atoms with Crippen molar-refractivity contribution in [2.45, 2.75) is 39.8 Å². The third-order valence-electron chi connectivity index (χ3n) is 5.38. The average Bonchev–Trinajstić information content (AvgIpc) is 3.64. The van der Waals surface area contributed by atoms with Crippen LogP contribution in [0.3, 0.4) is 0 Å². The molecule has 2 N–H and O–H groups in total. The number of rotatable bonds is 11. The number of hydrogen-bond acceptors (Lipinski definition) is 5. The maximum atomic E-state index is 6.10. The van der Waals surface area contributed by atoms with E-state index in [4.69, 9.17) is 23.9 Å². The summed E-state index contributed by atoms with van der Waals surface area (Å²) in [6.45, 7) is 6.73. The third-order valence-corrected chi connectivity index (χ3v) is 5.38. The largest absolute Gasteiger partial charge is 0.493 e. The standard InChI is InChI=1S/C25H35N3O4.HI/c1-6-26-25(28-15-20-11-12-21(29-3)24(31-5)23(20)30-4)27-14-19-10-7-17(2)13-22(19)32-16-18-8-9-18;/h7,10-13,18H,6,8-9,14-16H2,1-5H3,(H2,26,27,28);1H. The van der Waals surface area contributed by atoms with Crippen molar-refractivity contribution in [2.75, 3.05) is 34.5 Å². The Morgan fingerprint density at radius 2 is 1.67 bits per heavy atom. The number of aryl methyl sites for hydroxylation is 1. The summed E-state index contributed by atoms with van der Waals surface area (Å²) < 4.78 is 22.5. The van der Waals surface area contributed by atoms with Crippen molar-refractivity contribution >= 4 is 29.9 Å². The lowest BCUT2D eigenvalue weighted by molar-refractivity contribution is 0.296. The monoisotopic (exact) mass is 569 g/mol. The summed E-state index contributed by atoms with van der Waals surface area (Å²) in [7, 11) is 4.83. The number of hydrogen-bond donors (Lipinski definition) is 2. The van der Waals surface area contributed by atoms with E-state index in [0.29, 0.717) is 36.3 Å². The van der Waals surface area contributed by atoms with E-state index < -0.39 is 0 Å². The van der Waals surface area contributed by atoms with Crippen LogP contribution in [0, 0.1) is 12.8 Å². The van der Waals surface area contributed by atoms with Gasteiger partial charge in [0.05, 0.1) is 34.5 Å². The van der Waals surface area contributed by atoms with Crippen molar-refractivity contribution in [3.8, 4) is 23.0 Å². The van der Waals surface area contributed by atoms with E-state index in [-0.39, 0.29) is 24.0 Å². The fourth-order valence-electron chi connectivity index (χ4n) is 3.41. The zero-order valence-corrected chi connectivity index (χ0v) is 22.5. The molecule has 0 radical (unpaired) electrons. The Morgan fingerprint density at radius 3 is 2.30 bits per heavy atom. The molecule has 0 spiro atoms. The number of halogens is 1. The average molecular weight is 569 g/mol. The van der Waals surface area contributed by atoms with Gasteiger partial charge in [-0.1, -0.05) is 12.1 Å². The van der Waals surface area contributed by atoms with Crippen LogP contribution in [-0.4, -0.2) is 40.4 Å². The van der Waals surface area contributed by atoms with Crippen LogP contribution in [0.25, 0.3) is 0 Å². The smallest absolute Gasteiger partial charge is 0.203 e. The predicted octanol–water partition coefficient (Wildman–Crippen LogP) is 4.68. The lowest BCUT2D eigenvalue weighted by Gasteiger charge is -2.17. The molecule has 0 saturated heterocycles. The van der Waals surface area contributed by atoms with Crippen molar-refractivity contribution in [3.63, 3.8) is 0 Å². The van der Waals surface area contributed by atoms with Crippen LogP contribution in [0.4, 0.5) is 0 Å². The number of benzene rings is 2. The van der Waals surface area contributed by atoms with Gasteiger partial charge in [0.2, 0.25) is 5.75 Å². The molecule has 0 unspecified atom stereocenters. The van der Waals surface area contributed by atoms with E-state index in [1.807, 2.05) is 19.1 Å². The normalized spacial score (nSPS) is 13.1. The van der Waals surface area contributed by atoms with Crippen LogP contribution < -0.4 is 29.6 Å². The number of nitrogens with one attached hydrogen (secondary N) is 2. The summed E-state index contributed by atoms with van der Waals surface area (Å²) in [5, 5.41) is 6.73. The summed E-state index contributed by atoms with van der Waals surface area (Å²) >= 11 is 0. The van der Waals surface area contributed by atoms with E-state index in [0.717, 1.165) is 36.0 Å². The molecule has 0 aliphatic heterocycles. The second-order valence-electron chi connectivity index (χ2n) is 7.91. The Hall–Kier alpha value is -2.36. The molecule has 3 rings (SSSR count). The SMILES string of the molecule is CCNC(=NCc1ccc(OC)c(OC)c1OC)NCc1ccc(C)cc1OCC1CC1.I. The highest BCUT2D eigenvalue weighted by molar-refractivity contribution is 14.0. The maximum absolute atomic E-state index is 6.10. The summed E-state index contributed by atoms with van der Waals surface area (Å²) in [4.78, 5) is 4.75. The zero-order chi connectivity index (χ0) is 22.9. The Balaban J connectivity index is 0.00000385. The molecule has 1 aliphatic carbocycles. The Morgan fingerprint density at radius 1 is 0.939 bits per heavy atom. The van der Waals surface area contributed by atoms with Crippen LogP contribution >= 0.6 is 24.0 Å². The van der Waals surface area contributed by atoms with Gasteiger partial charge in [0, 0.05) is 24.2 Å². The third kappa shape index (κ3) is 7.58. The molecule has 1 aliphatic rings. The molecule has 0 aromatic heterocycles. The van der Waals surface area contributed by atoms with E-state index in [1.165, 1.54) is 18.4 Å². The first-order chi connectivity index (χ1) is 15.6. The predicted molar refractivity (Wildman–Crippen MR) is 143 cm³/mol. The Bertz CT molecular complexity index is 932. The van der Waals surface area contributed by atoms with Gasteiger partial charge in [0.1, 0.15) is 5.75 Å². The number of methoxy groups -OCH3 is 3. The highest BCUT2D eigenvalue weighted by atomic mass is 127. The van der Waals surface area contributed by atoms with Gasteiger partial charge >= 0.3 is 0 Å². The minimum absolute atomic E-state index is 0. The van der Waals surface area contributed by atoms with E-state index in [2.05, 4.69) is 35.8 Å². The number of ether oxygens (including phenoxy) is 4. The van der Waals surface area contributed by atoms with E-state index in [1.54, 1.807) is 21.3 Å². The summed E-state index contributed by atoms with van der Waals surface area (Å²) in [5.74, 6) is 4.20. The molecule has 0 amide bonds. The Kier molecular flexibility index (Phi) is 10.9. The highest BCUT2D eigenvalue weighted by Crippen LogP contribution is 2.40. The van der Waals surface area contributed by atoms with Gasteiger partial charge < -0.3 is 29.6 Å². The molecule has 0 bridgehead atoms. The molecule has 8 heteroatoms.